The van der Waals surface area contributed by atoms with Crippen molar-refractivity contribution in [2.75, 3.05) is 7.05 Å². The van der Waals surface area contributed by atoms with Gasteiger partial charge in [0, 0.05) is 35.3 Å². The van der Waals surface area contributed by atoms with Crippen LogP contribution in [0.15, 0.2) is 41.7 Å². The smallest absolute Gasteiger partial charge is 0.191 e. The molecule has 0 saturated carbocycles. The van der Waals surface area contributed by atoms with Gasteiger partial charge in [0.15, 0.2) is 5.96 Å². The third kappa shape index (κ3) is 5.91. The van der Waals surface area contributed by atoms with Gasteiger partial charge in [0.1, 0.15) is 5.01 Å². The predicted octanol–water partition coefficient (Wildman–Crippen LogP) is 4.08. The van der Waals surface area contributed by atoms with Crippen molar-refractivity contribution in [2.45, 2.75) is 26.9 Å². The van der Waals surface area contributed by atoms with Crippen LogP contribution >= 0.6 is 46.9 Å². The van der Waals surface area contributed by atoms with Crippen LogP contribution in [-0.4, -0.2) is 27.8 Å². The minimum absolute atomic E-state index is 0. The molecule has 0 amide bonds. The third-order valence-electron chi connectivity index (χ3n) is 3.89. The minimum atomic E-state index is 0. The summed E-state index contributed by atoms with van der Waals surface area (Å²) >= 11 is 7.63. The van der Waals surface area contributed by atoms with Gasteiger partial charge in [0.25, 0.3) is 0 Å². The second kappa shape index (κ2) is 10.0. The molecule has 2 heterocycles. The van der Waals surface area contributed by atoms with Crippen molar-refractivity contribution in [1.82, 2.24) is 25.4 Å². The van der Waals surface area contributed by atoms with Crippen molar-refractivity contribution in [1.29, 1.82) is 0 Å². The van der Waals surface area contributed by atoms with Crippen LogP contribution in [0.3, 0.4) is 0 Å². The number of rotatable bonds is 5. The Labute approximate surface area is 185 Å². The fraction of sp³-hybridized carbons (Fsp3) is 0.278. The predicted molar refractivity (Wildman–Crippen MR) is 123 cm³/mol. The molecular weight excluding hydrogens is 495 g/mol. The summed E-state index contributed by atoms with van der Waals surface area (Å²) in [5.74, 6) is 0.731. The molecule has 0 fully saturated rings. The second-order valence-electron chi connectivity index (χ2n) is 5.80. The van der Waals surface area contributed by atoms with Gasteiger partial charge in [-0.15, -0.1) is 35.3 Å². The summed E-state index contributed by atoms with van der Waals surface area (Å²) in [4.78, 5) is 10.0. The molecule has 27 heavy (non-hydrogen) atoms. The van der Waals surface area contributed by atoms with Crippen molar-refractivity contribution in [3.8, 4) is 5.69 Å². The van der Waals surface area contributed by atoms with Crippen LogP contribution < -0.4 is 10.6 Å². The molecule has 0 saturated heterocycles. The normalized spacial score (nSPS) is 11.2. The average Bonchev–Trinajstić information content (AvgIpc) is 3.23. The van der Waals surface area contributed by atoms with E-state index in [1.54, 1.807) is 18.4 Å². The van der Waals surface area contributed by atoms with E-state index in [0.717, 1.165) is 27.9 Å². The summed E-state index contributed by atoms with van der Waals surface area (Å²) in [5, 5.41) is 12.7. The standard InChI is InChI=1S/C18H21ClN6S.HI/c1-12-13(2)26-17(24-12)10-22-18(20-3)21-8-14-9-23-25(11-14)16-6-4-15(19)5-7-16;/h4-7,9,11H,8,10H2,1-3H3,(H2,20,21,22);1H. The first-order valence-corrected chi connectivity index (χ1v) is 9.41. The zero-order chi connectivity index (χ0) is 18.5. The van der Waals surface area contributed by atoms with E-state index in [-0.39, 0.29) is 24.0 Å². The van der Waals surface area contributed by atoms with Crippen molar-refractivity contribution < 1.29 is 0 Å². The highest BCUT2D eigenvalue weighted by atomic mass is 127. The van der Waals surface area contributed by atoms with Crippen molar-refractivity contribution >= 4 is 52.9 Å². The van der Waals surface area contributed by atoms with Crippen molar-refractivity contribution in [3.63, 3.8) is 0 Å². The molecule has 2 aromatic heterocycles. The molecule has 0 bridgehead atoms. The molecule has 9 heteroatoms. The van der Waals surface area contributed by atoms with Crippen LogP contribution in [-0.2, 0) is 13.1 Å². The Balaban J connectivity index is 0.00000261. The first-order valence-electron chi connectivity index (χ1n) is 8.22. The van der Waals surface area contributed by atoms with Gasteiger partial charge in [0.05, 0.1) is 24.1 Å². The molecule has 0 spiro atoms. The van der Waals surface area contributed by atoms with Crippen molar-refractivity contribution in [2.24, 2.45) is 4.99 Å². The van der Waals surface area contributed by atoms with E-state index in [1.165, 1.54) is 4.88 Å². The Morgan fingerprint density at radius 3 is 2.52 bits per heavy atom. The molecule has 0 radical (unpaired) electrons. The number of nitrogens with one attached hydrogen (secondary N) is 2. The molecule has 2 N–H and O–H groups in total. The molecule has 144 valence electrons. The third-order valence-corrected chi connectivity index (χ3v) is 5.22. The van der Waals surface area contributed by atoms with Gasteiger partial charge in [-0.2, -0.15) is 5.10 Å². The van der Waals surface area contributed by atoms with E-state index in [2.05, 4.69) is 32.6 Å². The van der Waals surface area contributed by atoms with Crippen LogP contribution in [0, 0.1) is 13.8 Å². The first kappa shape index (κ1) is 21.6. The molecule has 6 nitrogen and oxygen atoms in total. The van der Waals surface area contributed by atoms with Crippen LogP contribution in [0.1, 0.15) is 21.1 Å². The van der Waals surface area contributed by atoms with E-state index < -0.39 is 0 Å². The number of aromatic nitrogens is 3. The number of thiazole rings is 1. The number of aryl methyl sites for hydroxylation is 2. The van der Waals surface area contributed by atoms with Crippen LogP contribution in [0.5, 0.6) is 0 Å². The summed E-state index contributed by atoms with van der Waals surface area (Å²) in [6, 6.07) is 7.57. The monoisotopic (exact) mass is 516 g/mol. The summed E-state index contributed by atoms with van der Waals surface area (Å²) in [6.07, 6.45) is 3.82. The topological polar surface area (TPSA) is 67.1 Å². The minimum Gasteiger partial charge on any atom is -0.352 e. The highest BCUT2D eigenvalue weighted by molar-refractivity contribution is 14.0. The lowest BCUT2D eigenvalue weighted by molar-refractivity contribution is 0.803. The number of benzene rings is 1. The summed E-state index contributed by atoms with van der Waals surface area (Å²) in [7, 11) is 1.75. The summed E-state index contributed by atoms with van der Waals surface area (Å²) < 4.78 is 1.82. The Kier molecular flexibility index (Phi) is 8.06. The molecule has 0 aliphatic carbocycles. The molecule has 0 unspecified atom stereocenters. The summed E-state index contributed by atoms with van der Waals surface area (Å²) in [5.41, 5.74) is 3.12. The van der Waals surface area contributed by atoms with Gasteiger partial charge in [-0.3, -0.25) is 4.99 Å². The largest absolute Gasteiger partial charge is 0.352 e. The van der Waals surface area contributed by atoms with Gasteiger partial charge < -0.3 is 10.6 Å². The van der Waals surface area contributed by atoms with Crippen LogP contribution in [0.25, 0.3) is 5.69 Å². The number of nitrogens with zero attached hydrogens (tertiary/aromatic N) is 4. The molecule has 1 aromatic carbocycles. The maximum atomic E-state index is 5.93. The first-order chi connectivity index (χ1) is 12.5. The fourth-order valence-corrected chi connectivity index (χ4v) is 3.37. The quantitative estimate of drug-likeness (QED) is 0.305. The molecule has 3 aromatic rings. The van der Waals surface area contributed by atoms with E-state index >= 15 is 0 Å². The molecule has 0 atom stereocenters. The zero-order valence-electron chi connectivity index (χ0n) is 15.4. The Bertz CT molecular complexity index is 883. The van der Waals surface area contributed by atoms with E-state index in [9.17, 15) is 0 Å². The lowest BCUT2D eigenvalue weighted by atomic mass is 10.3. The lowest BCUT2D eigenvalue weighted by Crippen LogP contribution is -2.36. The SMILES string of the molecule is CN=C(NCc1cnn(-c2ccc(Cl)cc2)c1)NCc1nc(C)c(C)s1.I. The molecule has 0 aliphatic rings. The van der Waals surface area contributed by atoms with E-state index in [4.69, 9.17) is 11.6 Å². The highest BCUT2D eigenvalue weighted by Crippen LogP contribution is 2.16. The second-order valence-corrected chi connectivity index (χ2v) is 7.52. The maximum absolute atomic E-state index is 5.93. The van der Waals surface area contributed by atoms with E-state index in [1.807, 2.05) is 48.3 Å². The van der Waals surface area contributed by atoms with Gasteiger partial charge in [-0.1, -0.05) is 11.6 Å². The zero-order valence-corrected chi connectivity index (χ0v) is 19.3. The number of hydrogen-bond donors (Lipinski definition) is 2. The number of hydrogen-bond acceptors (Lipinski definition) is 4. The Morgan fingerprint density at radius 1 is 1.19 bits per heavy atom. The molecule has 3 rings (SSSR count). The van der Waals surface area contributed by atoms with Crippen LogP contribution in [0.2, 0.25) is 5.02 Å². The van der Waals surface area contributed by atoms with Gasteiger partial charge >= 0.3 is 0 Å². The number of halogens is 2. The van der Waals surface area contributed by atoms with Gasteiger partial charge in [-0.25, -0.2) is 9.67 Å². The Morgan fingerprint density at radius 2 is 1.89 bits per heavy atom. The lowest BCUT2D eigenvalue weighted by Gasteiger charge is -2.09. The molecular formula is C18H22ClIN6S. The highest BCUT2D eigenvalue weighted by Gasteiger charge is 2.06. The summed E-state index contributed by atoms with van der Waals surface area (Å²) in [6.45, 7) is 5.40. The maximum Gasteiger partial charge on any atom is 0.191 e. The molecule has 0 aliphatic heterocycles. The van der Waals surface area contributed by atoms with Crippen LogP contribution in [0.4, 0.5) is 0 Å². The van der Waals surface area contributed by atoms with E-state index in [0.29, 0.717) is 18.1 Å². The van der Waals surface area contributed by atoms with Crippen molar-refractivity contribution in [3.05, 3.63) is 62.8 Å². The van der Waals surface area contributed by atoms with Gasteiger partial charge in [0.2, 0.25) is 0 Å². The number of guanidine groups is 1. The Hall–Kier alpha value is -1.65. The van der Waals surface area contributed by atoms with Gasteiger partial charge in [-0.05, 0) is 38.1 Å². The fourth-order valence-electron chi connectivity index (χ4n) is 2.37. The number of aliphatic imine (C=N–C) groups is 1. The average molecular weight is 517 g/mol.